The molecule has 5 heteroatoms. The highest BCUT2D eigenvalue weighted by molar-refractivity contribution is 5.79. The van der Waals surface area contributed by atoms with Crippen LogP contribution in [0.3, 0.4) is 0 Å². The lowest BCUT2D eigenvalue weighted by Crippen LogP contribution is -2.42. The molecule has 1 saturated carbocycles. The van der Waals surface area contributed by atoms with E-state index in [-0.39, 0.29) is 24.1 Å². The van der Waals surface area contributed by atoms with E-state index in [4.69, 9.17) is 0 Å². The molecular weight excluding hydrogens is 326 g/mol. The Labute approximate surface area is 154 Å². The highest BCUT2D eigenvalue weighted by Gasteiger charge is 2.32. The van der Waals surface area contributed by atoms with Gasteiger partial charge >= 0.3 is 0 Å². The van der Waals surface area contributed by atoms with Crippen LogP contribution in [0.2, 0.25) is 0 Å². The van der Waals surface area contributed by atoms with Gasteiger partial charge in [0, 0.05) is 6.04 Å². The van der Waals surface area contributed by atoms with Crippen LogP contribution in [0, 0.1) is 11.3 Å². The summed E-state index contributed by atoms with van der Waals surface area (Å²) in [6.45, 7) is 6.96. The summed E-state index contributed by atoms with van der Waals surface area (Å²) in [5, 5.41) is 3.65. The molecule has 1 aromatic carbocycles. The van der Waals surface area contributed by atoms with Gasteiger partial charge in [0.1, 0.15) is 6.54 Å². The first-order valence-electron chi connectivity index (χ1n) is 9.64. The molecule has 1 aromatic heterocycles. The second-order valence-corrected chi connectivity index (χ2v) is 8.15. The van der Waals surface area contributed by atoms with Crippen LogP contribution in [-0.4, -0.2) is 21.5 Å². The van der Waals surface area contributed by atoms with E-state index in [1.165, 1.54) is 17.3 Å². The quantitative estimate of drug-likeness (QED) is 0.893. The number of aromatic nitrogens is 2. The summed E-state index contributed by atoms with van der Waals surface area (Å²) in [6, 6.07) is 7.43. The molecule has 0 aliphatic heterocycles. The van der Waals surface area contributed by atoms with Crippen LogP contribution in [0.25, 0.3) is 10.9 Å². The average Bonchev–Trinajstić information content (AvgIpc) is 2.65. The summed E-state index contributed by atoms with van der Waals surface area (Å²) in [5.74, 6) is 0.621. The molecule has 1 heterocycles. The van der Waals surface area contributed by atoms with E-state index in [9.17, 15) is 9.59 Å². The van der Waals surface area contributed by atoms with Crippen LogP contribution < -0.4 is 10.9 Å². The predicted octanol–water partition coefficient (Wildman–Crippen LogP) is 3.51. The lowest BCUT2D eigenvalue weighted by Gasteiger charge is -2.39. The fraction of sp³-hybridized carbons (Fsp3) is 0.571. The van der Waals surface area contributed by atoms with Crippen LogP contribution in [0.1, 0.15) is 52.9 Å². The molecule has 26 heavy (non-hydrogen) atoms. The van der Waals surface area contributed by atoms with Gasteiger partial charge in [-0.3, -0.25) is 14.2 Å². The number of carbonyl (C=O) groups is 1. The van der Waals surface area contributed by atoms with Crippen molar-refractivity contribution in [2.45, 2.75) is 65.5 Å². The molecule has 1 aliphatic carbocycles. The molecule has 0 unspecified atom stereocenters. The topological polar surface area (TPSA) is 64.0 Å². The Balaban J connectivity index is 1.59. The number of benzene rings is 1. The SMILES string of the molecule is CCC(C)(C)C1CCC(NC(=O)Cn2cnc3ccccc3c2=O)CC1. The predicted molar refractivity (Wildman–Crippen MR) is 104 cm³/mol. The number of nitrogens with zero attached hydrogens (tertiary/aromatic N) is 2. The van der Waals surface area contributed by atoms with E-state index in [2.05, 4.69) is 31.1 Å². The van der Waals surface area contributed by atoms with E-state index < -0.39 is 0 Å². The van der Waals surface area contributed by atoms with E-state index in [1.54, 1.807) is 12.1 Å². The number of carbonyl (C=O) groups excluding carboxylic acids is 1. The Kier molecular flexibility index (Phi) is 5.44. The van der Waals surface area contributed by atoms with Gasteiger partial charge in [0.25, 0.3) is 5.56 Å². The van der Waals surface area contributed by atoms with Crippen molar-refractivity contribution in [1.82, 2.24) is 14.9 Å². The van der Waals surface area contributed by atoms with Crippen molar-refractivity contribution in [1.29, 1.82) is 0 Å². The zero-order valence-corrected chi connectivity index (χ0v) is 16.0. The summed E-state index contributed by atoms with van der Waals surface area (Å²) in [6.07, 6.45) is 7.00. The maximum absolute atomic E-state index is 12.5. The molecule has 2 aromatic rings. The van der Waals surface area contributed by atoms with Crippen molar-refractivity contribution in [3.8, 4) is 0 Å². The molecule has 5 nitrogen and oxygen atoms in total. The molecular formula is C21H29N3O2. The van der Waals surface area contributed by atoms with Gasteiger partial charge < -0.3 is 5.32 Å². The second-order valence-electron chi connectivity index (χ2n) is 8.15. The largest absolute Gasteiger partial charge is 0.352 e. The monoisotopic (exact) mass is 355 g/mol. The Hall–Kier alpha value is -2.17. The number of nitrogens with one attached hydrogen (secondary N) is 1. The van der Waals surface area contributed by atoms with Gasteiger partial charge in [-0.1, -0.05) is 39.3 Å². The molecule has 0 spiro atoms. The number of rotatable bonds is 5. The van der Waals surface area contributed by atoms with Crippen LogP contribution in [0.5, 0.6) is 0 Å². The van der Waals surface area contributed by atoms with Crippen molar-refractivity contribution < 1.29 is 4.79 Å². The number of para-hydroxylation sites is 1. The maximum Gasteiger partial charge on any atom is 0.261 e. The van der Waals surface area contributed by atoms with Crippen molar-refractivity contribution >= 4 is 16.8 Å². The zero-order chi connectivity index (χ0) is 18.7. The minimum atomic E-state index is -0.167. The molecule has 0 bridgehead atoms. The summed E-state index contributed by atoms with van der Waals surface area (Å²) in [5.41, 5.74) is 0.865. The van der Waals surface area contributed by atoms with Gasteiger partial charge in [-0.2, -0.15) is 0 Å². The van der Waals surface area contributed by atoms with Crippen LogP contribution in [0.4, 0.5) is 0 Å². The molecule has 1 amide bonds. The standard InChI is InChI=1S/C21H29N3O2/c1-4-21(2,3)15-9-11-16(12-10-15)23-19(25)13-24-14-22-18-8-6-5-7-17(18)20(24)26/h5-8,14-16H,4,9-13H2,1-3H3,(H,23,25). The van der Waals surface area contributed by atoms with Gasteiger partial charge in [-0.15, -0.1) is 0 Å². The third-order valence-electron chi connectivity index (χ3n) is 6.15. The molecule has 1 aliphatic rings. The summed E-state index contributed by atoms with van der Waals surface area (Å²) >= 11 is 0. The van der Waals surface area contributed by atoms with Crippen LogP contribution in [0.15, 0.2) is 35.4 Å². The lowest BCUT2D eigenvalue weighted by atomic mass is 9.69. The molecule has 0 atom stereocenters. The minimum Gasteiger partial charge on any atom is -0.352 e. The zero-order valence-electron chi connectivity index (χ0n) is 16.0. The third kappa shape index (κ3) is 3.97. The lowest BCUT2D eigenvalue weighted by molar-refractivity contribution is -0.122. The summed E-state index contributed by atoms with van der Waals surface area (Å²) in [7, 11) is 0. The molecule has 0 saturated heterocycles. The number of amides is 1. The normalized spacial score (nSPS) is 20.9. The maximum atomic E-state index is 12.5. The Morgan fingerprint density at radius 3 is 2.62 bits per heavy atom. The summed E-state index contributed by atoms with van der Waals surface area (Å²) < 4.78 is 1.39. The second kappa shape index (κ2) is 7.60. The highest BCUT2D eigenvalue weighted by atomic mass is 16.2. The van der Waals surface area contributed by atoms with E-state index in [1.807, 2.05) is 12.1 Å². The molecule has 1 N–H and O–H groups in total. The number of hydrogen-bond donors (Lipinski definition) is 1. The highest BCUT2D eigenvalue weighted by Crippen LogP contribution is 2.40. The molecule has 0 radical (unpaired) electrons. The third-order valence-corrected chi connectivity index (χ3v) is 6.15. The van der Waals surface area contributed by atoms with Gasteiger partial charge in [-0.05, 0) is 49.1 Å². The van der Waals surface area contributed by atoms with Crippen LogP contribution >= 0.6 is 0 Å². The summed E-state index contributed by atoms with van der Waals surface area (Å²) in [4.78, 5) is 29.2. The first kappa shape index (κ1) is 18.6. The molecule has 3 rings (SSSR count). The number of fused-ring (bicyclic) bond motifs is 1. The Morgan fingerprint density at radius 1 is 1.23 bits per heavy atom. The average molecular weight is 355 g/mol. The number of hydrogen-bond acceptors (Lipinski definition) is 3. The first-order valence-corrected chi connectivity index (χ1v) is 9.64. The molecule has 1 fully saturated rings. The fourth-order valence-corrected chi connectivity index (χ4v) is 3.95. The Bertz CT molecular complexity index is 833. The van der Waals surface area contributed by atoms with Crippen molar-refractivity contribution in [2.75, 3.05) is 0 Å². The van der Waals surface area contributed by atoms with Gasteiger partial charge in [-0.25, -0.2) is 4.98 Å². The van der Waals surface area contributed by atoms with Crippen molar-refractivity contribution in [2.24, 2.45) is 11.3 Å². The van der Waals surface area contributed by atoms with E-state index in [0.29, 0.717) is 16.3 Å². The Morgan fingerprint density at radius 2 is 1.92 bits per heavy atom. The smallest absolute Gasteiger partial charge is 0.261 e. The van der Waals surface area contributed by atoms with Crippen molar-refractivity contribution in [3.05, 3.63) is 40.9 Å². The van der Waals surface area contributed by atoms with Gasteiger partial charge in [0.15, 0.2) is 0 Å². The van der Waals surface area contributed by atoms with E-state index >= 15 is 0 Å². The van der Waals surface area contributed by atoms with Crippen LogP contribution in [-0.2, 0) is 11.3 Å². The minimum absolute atomic E-state index is 0.0249. The molecule has 140 valence electrons. The van der Waals surface area contributed by atoms with Gasteiger partial charge in [0.2, 0.25) is 5.91 Å². The van der Waals surface area contributed by atoms with E-state index in [0.717, 1.165) is 31.6 Å². The first-order chi connectivity index (χ1) is 12.4. The van der Waals surface area contributed by atoms with Crippen molar-refractivity contribution in [3.63, 3.8) is 0 Å². The van der Waals surface area contributed by atoms with Gasteiger partial charge in [0.05, 0.1) is 17.2 Å². The fourth-order valence-electron chi connectivity index (χ4n) is 3.95.